The molecule has 0 saturated heterocycles. The van der Waals surface area contributed by atoms with Crippen molar-refractivity contribution >= 4 is 44.9 Å². The summed E-state index contributed by atoms with van der Waals surface area (Å²) in [6.07, 6.45) is 0. The van der Waals surface area contributed by atoms with Crippen molar-refractivity contribution < 1.29 is 0 Å². The van der Waals surface area contributed by atoms with E-state index in [1.807, 2.05) is 0 Å². The molecule has 346 valence electrons. The molecule has 3 aliphatic rings. The van der Waals surface area contributed by atoms with Crippen LogP contribution >= 0.6 is 0 Å². The van der Waals surface area contributed by atoms with E-state index in [2.05, 4.69) is 301 Å². The van der Waals surface area contributed by atoms with Crippen molar-refractivity contribution in [3.63, 3.8) is 0 Å². The van der Waals surface area contributed by atoms with Crippen LogP contribution in [0.15, 0.2) is 291 Å². The van der Waals surface area contributed by atoms with Crippen molar-refractivity contribution in [2.24, 2.45) is 0 Å². The normalized spacial score (nSPS) is 14.9. The third-order valence-electron chi connectivity index (χ3n) is 16.3. The highest BCUT2D eigenvalue weighted by atomic mass is 15.2. The average Bonchev–Trinajstić information content (AvgIpc) is 4.09. The lowest BCUT2D eigenvalue weighted by Gasteiger charge is -2.40. The fourth-order valence-corrected chi connectivity index (χ4v) is 13.6. The Hall–Kier alpha value is -9.50. The number of fused-ring (bicyclic) bond motifs is 15. The first-order chi connectivity index (χ1) is 36.8. The minimum absolute atomic E-state index is 0.648. The monoisotopic (exact) mass is 940 g/mol. The largest absolute Gasteiger partial charge is 0.310 e. The van der Waals surface area contributed by atoms with E-state index in [-0.39, 0.29) is 0 Å². The zero-order valence-corrected chi connectivity index (χ0v) is 40.6. The number of rotatable bonds is 8. The highest BCUT2D eigenvalue weighted by Crippen LogP contribution is 2.68. The van der Waals surface area contributed by atoms with Crippen molar-refractivity contribution in [1.29, 1.82) is 0 Å². The number of benzene rings is 12. The van der Waals surface area contributed by atoms with E-state index >= 15 is 0 Å². The molecule has 74 heavy (non-hydrogen) atoms. The number of hydrogen-bond donors (Lipinski definition) is 0. The number of hydrogen-bond acceptors (Lipinski definition) is 2. The lowest BCUT2D eigenvalue weighted by Crippen LogP contribution is -2.31. The molecule has 2 heteroatoms. The zero-order valence-electron chi connectivity index (χ0n) is 40.6. The first kappa shape index (κ1) is 42.2. The van der Waals surface area contributed by atoms with Gasteiger partial charge >= 0.3 is 0 Å². The van der Waals surface area contributed by atoms with Gasteiger partial charge in [0, 0.05) is 33.9 Å². The van der Waals surface area contributed by atoms with E-state index in [0.717, 1.165) is 34.1 Å². The molecule has 0 aromatic heterocycles. The van der Waals surface area contributed by atoms with Crippen molar-refractivity contribution in [2.45, 2.75) is 10.8 Å². The molecule has 0 N–H and O–H groups in total. The highest BCUT2D eigenvalue weighted by molar-refractivity contribution is 6.11. The van der Waals surface area contributed by atoms with Gasteiger partial charge in [0.05, 0.1) is 22.2 Å². The van der Waals surface area contributed by atoms with Crippen LogP contribution in [0.1, 0.15) is 44.5 Å². The Morgan fingerprint density at radius 1 is 0.243 bits per heavy atom. The summed E-state index contributed by atoms with van der Waals surface area (Å²) in [5.41, 5.74) is 23.1. The van der Waals surface area contributed by atoms with E-state index in [0.29, 0.717) is 0 Å². The minimum Gasteiger partial charge on any atom is -0.310 e. The van der Waals surface area contributed by atoms with Gasteiger partial charge in [-0.05, 0) is 138 Å². The lowest BCUT2D eigenvalue weighted by molar-refractivity contribution is 0.766. The zero-order chi connectivity index (χ0) is 48.8. The van der Waals surface area contributed by atoms with Crippen molar-refractivity contribution in [1.82, 2.24) is 0 Å². The quantitative estimate of drug-likeness (QED) is 0.150. The van der Waals surface area contributed by atoms with Gasteiger partial charge in [0.25, 0.3) is 0 Å². The van der Waals surface area contributed by atoms with Crippen molar-refractivity contribution in [3.05, 3.63) is 336 Å². The molecule has 3 aliphatic carbocycles. The van der Waals surface area contributed by atoms with E-state index in [9.17, 15) is 0 Å². The van der Waals surface area contributed by atoms with Gasteiger partial charge < -0.3 is 9.80 Å². The average molecular weight is 941 g/mol. The third-order valence-corrected chi connectivity index (χ3v) is 16.3. The molecule has 0 radical (unpaired) electrons. The maximum atomic E-state index is 2.63. The van der Waals surface area contributed by atoms with Gasteiger partial charge in [-0.2, -0.15) is 0 Å². The molecule has 0 bridgehead atoms. The van der Waals surface area contributed by atoms with Gasteiger partial charge in [0.1, 0.15) is 0 Å². The van der Waals surface area contributed by atoms with Gasteiger partial charge in [0.15, 0.2) is 0 Å². The van der Waals surface area contributed by atoms with E-state index in [1.54, 1.807) is 0 Å². The standard InChI is InChI=1S/C72H48N2/c1-6-26-50(27-7-1)71(51-28-8-2-9-29-51)62-41-21-18-37-57(62)59-40-24-44-66(69(59)71)74(54-34-14-5-15-35-54)67-47-49-25-16-17-36-56(49)68-60-39-20-23-43-64(60)72(70(67)68)63-42-22-19-38-58(63)61-48-55(45-46-65(61)72)73(52-30-10-3-11-31-52)53-32-12-4-13-33-53/h1-48H. The summed E-state index contributed by atoms with van der Waals surface area (Å²) in [6, 6.07) is 109. The SMILES string of the molecule is c1ccc(N(c2ccccc2)c2ccc3c(c2)-c2ccccc2C32c3ccccc3-c3c2c(N(c2ccccc2)c2cccc4c2C(c2ccccc2)(c2ccccc2)c2ccccc2-4)cc2ccccc32)cc1. The summed E-state index contributed by atoms with van der Waals surface area (Å²) in [7, 11) is 0. The van der Waals surface area contributed by atoms with Gasteiger partial charge in [-0.3, -0.25) is 0 Å². The molecule has 12 aromatic carbocycles. The van der Waals surface area contributed by atoms with Gasteiger partial charge in [-0.15, -0.1) is 0 Å². The molecule has 2 nitrogen and oxygen atoms in total. The fraction of sp³-hybridized carbons (Fsp3) is 0.0278. The molecule has 1 unspecified atom stereocenters. The lowest BCUT2D eigenvalue weighted by atomic mass is 9.67. The van der Waals surface area contributed by atoms with Gasteiger partial charge in [0.2, 0.25) is 0 Å². The Balaban J connectivity index is 1.08. The molecule has 15 rings (SSSR count). The number of anilines is 6. The van der Waals surface area contributed by atoms with Crippen LogP contribution < -0.4 is 9.80 Å². The van der Waals surface area contributed by atoms with Crippen LogP contribution in [0.3, 0.4) is 0 Å². The second-order valence-electron chi connectivity index (χ2n) is 19.8. The van der Waals surface area contributed by atoms with Crippen molar-refractivity contribution in [3.8, 4) is 33.4 Å². The van der Waals surface area contributed by atoms with Crippen LogP contribution in [0, 0.1) is 0 Å². The molecule has 0 aliphatic heterocycles. The van der Waals surface area contributed by atoms with Crippen LogP contribution in [0.5, 0.6) is 0 Å². The maximum absolute atomic E-state index is 2.63. The molecular formula is C72H48N2. The van der Waals surface area contributed by atoms with E-state index < -0.39 is 10.8 Å². The summed E-state index contributed by atoms with van der Waals surface area (Å²) in [5, 5.41) is 2.45. The van der Waals surface area contributed by atoms with Gasteiger partial charge in [-0.1, -0.05) is 231 Å². The topological polar surface area (TPSA) is 6.48 Å². The van der Waals surface area contributed by atoms with Crippen LogP contribution in [0.25, 0.3) is 44.2 Å². The summed E-state index contributed by atoms with van der Waals surface area (Å²) in [5.74, 6) is 0. The number of nitrogens with zero attached hydrogens (tertiary/aromatic N) is 2. The Labute approximate surface area is 432 Å². The predicted molar refractivity (Wildman–Crippen MR) is 307 cm³/mol. The summed E-state index contributed by atoms with van der Waals surface area (Å²) in [6.45, 7) is 0. The summed E-state index contributed by atoms with van der Waals surface area (Å²) >= 11 is 0. The van der Waals surface area contributed by atoms with Crippen LogP contribution in [0.2, 0.25) is 0 Å². The van der Waals surface area contributed by atoms with Crippen LogP contribution in [0.4, 0.5) is 34.1 Å². The highest BCUT2D eigenvalue weighted by Gasteiger charge is 2.55. The van der Waals surface area contributed by atoms with Crippen molar-refractivity contribution in [2.75, 3.05) is 9.80 Å². The van der Waals surface area contributed by atoms with Gasteiger partial charge in [-0.25, -0.2) is 0 Å². The first-order valence-electron chi connectivity index (χ1n) is 25.8. The Morgan fingerprint density at radius 3 is 1.30 bits per heavy atom. The smallest absolute Gasteiger partial charge is 0.0746 e. The van der Waals surface area contributed by atoms with E-state index in [4.69, 9.17) is 0 Å². The number of para-hydroxylation sites is 3. The van der Waals surface area contributed by atoms with E-state index in [1.165, 1.54) is 88.7 Å². The molecule has 0 amide bonds. The fourth-order valence-electron chi connectivity index (χ4n) is 13.6. The first-order valence-corrected chi connectivity index (χ1v) is 25.8. The maximum Gasteiger partial charge on any atom is 0.0746 e. The molecule has 0 fully saturated rings. The molecule has 0 heterocycles. The summed E-state index contributed by atoms with van der Waals surface area (Å²) in [4.78, 5) is 5.02. The molecular weight excluding hydrogens is 893 g/mol. The molecule has 12 aromatic rings. The van der Waals surface area contributed by atoms with Crippen LogP contribution in [-0.4, -0.2) is 0 Å². The second-order valence-corrected chi connectivity index (χ2v) is 19.8. The Kier molecular flexibility index (Phi) is 9.43. The second kappa shape index (κ2) is 16.5. The van der Waals surface area contributed by atoms with Crippen LogP contribution in [-0.2, 0) is 10.8 Å². The third kappa shape index (κ3) is 5.82. The predicted octanol–water partition coefficient (Wildman–Crippen LogP) is 18.5. The molecule has 0 saturated carbocycles. The molecule has 1 atom stereocenters. The summed E-state index contributed by atoms with van der Waals surface area (Å²) < 4.78 is 0. The molecule has 1 spiro atoms. The Morgan fingerprint density at radius 2 is 0.689 bits per heavy atom. The Bertz CT molecular complexity index is 4050. The minimum atomic E-state index is -0.691.